The van der Waals surface area contributed by atoms with Crippen molar-refractivity contribution in [3.05, 3.63) is 36.0 Å². The second-order valence-corrected chi connectivity index (χ2v) is 10.7. The van der Waals surface area contributed by atoms with Crippen LogP contribution in [0.4, 0.5) is 0 Å². The van der Waals surface area contributed by atoms with Crippen LogP contribution < -0.4 is 5.32 Å². The minimum absolute atomic E-state index is 0. The van der Waals surface area contributed by atoms with Gasteiger partial charge < -0.3 is 24.8 Å². The minimum atomic E-state index is -1.11. The minimum Gasteiger partial charge on any atom is -0.379 e. The maximum atomic E-state index is 14.0. The van der Waals surface area contributed by atoms with E-state index in [1.807, 2.05) is 42.3 Å². The summed E-state index contributed by atoms with van der Waals surface area (Å²) in [5.74, 6) is 1.24. The average Bonchev–Trinajstić information content (AvgIpc) is 3.37. The first kappa shape index (κ1) is 26.9. The summed E-state index contributed by atoms with van der Waals surface area (Å²) in [6.07, 6.45) is 6.50. The number of aromatic amines is 1. The van der Waals surface area contributed by atoms with E-state index in [0.717, 1.165) is 42.8 Å². The Hall–Kier alpha value is -2.13. The molecule has 3 saturated heterocycles. The van der Waals surface area contributed by atoms with Crippen molar-refractivity contribution in [3.8, 4) is 0 Å². The fraction of sp³-hybridized carbons (Fsp3) is 0.630. The monoisotopic (exact) mass is 517 g/mol. The van der Waals surface area contributed by atoms with Gasteiger partial charge in [0.1, 0.15) is 0 Å². The quantitative estimate of drug-likeness (QED) is 0.637. The number of fused-ring (bicyclic) bond motifs is 1. The molecule has 0 bridgehead atoms. The first-order chi connectivity index (χ1) is 16.9. The Bertz CT molecular complexity index is 1040. The zero-order valence-electron chi connectivity index (χ0n) is 21.5. The molecule has 3 fully saturated rings. The van der Waals surface area contributed by atoms with Crippen molar-refractivity contribution < 1.29 is 14.3 Å². The van der Waals surface area contributed by atoms with Gasteiger partial charge in [-0.3, -0.25) is 14.5 Å². The van der Waals surface area contributed by atoms with Crippen molar-refractivity contribution in [1.29, 1.82) is 0 Å². The highest BCUT2D eigenvalue weighted by molar-refractivity contribution is 6.01. The summed E-state index contributed by atoms with van der Waals surface area (Å²) in [5, 5.41) is 4.19. The Balaban J connectivity index is 0.00000304. The maximum Gasteiger partial charge on any atom is 0.263 e. The topological polar surface area (TPSA) is 80.9 Å². The Morgan fingerprint density at radius 2 is 1.61 bits per heavy atom. The lowest BCUT2D eigenvalue weighted by atomic mass is 9.78. The third kappa shape index (κ3) is 5.57. The summed E-state index contributed by atoms with van der Waals surface area (Å²) in [6.45, 7) is 8.11. The highest BCUT2D eigenvalue weighted by Gasteiger charge is 2.45. The van der Waals surface area contributed by atoms with Crippen molar-refractivity contribution >= 4 is 35.1 Å². The fourth-order valence-electron chi connectivity index (χ4n) is 6.14. The molecule has 8 nitrogen and oxygen atoms in total. The second-order valence-electron chi connectivity index (χ2n) is 10.7. The molecule has 0 saturated carbocycles. The third-order valence-corrected chi connectivity index (χ3v) is 8.49. The standard InChI is InChI=1S/C27H39N5O3.ClH/c1-27(32-15-17-35-18-16-32,29-25(33)23-4-3-22-5-10-28-24(22)19-23)26(34)31-13-8-21(9-14-31)20-6-11-30(2)12-7-20;/h3-5,10,19-21,28H,6-9,11-18H2,1-2H3,(H,29,33);1H/t27-;/m0./s1. The van der Waals surface area contributed by atoms with Gasteiger partial charge in [0.15, 0.2) is 5.66 Å². The molecule has 9 heteroatoms. The summed E-state index contributed by atoms with van der Waals surface area (Å²) in [5.41, 5.74) is 0.354. The van der Waals surface area contributed by atoms with E-state index in [-0.39, 0.29) is 24.2 Å². The lowest BCUT2D eigenvalue weighted by Crippen LogP contribution is -2.69. The molecule has 0 radical (unpaired) electrons. The molecule has 0 aliphatic carbocycles. The number of carbonyl (C=O) groups is 2. The molecule has 2 N–H and O–H groups in total. The number of amides is 2. The van der Waals surface area contributed by atoms with Crippen LogP contribution in [0.2, 0.25) is 0 Å². The number of hydrogen-bond donors (Lipinski definition) is 2. The molecule has 4 heterocycles. The smallest absolute Gasteiger partial charge is 0.263 e. The number of aromatic nitrogens is 1. The maximum absolute atomic E-state index is 14.0. The van der Waals surface area contributed by atoms with E-state index in [4.69, 9.17) is 4.74 Å². The van der Waals surface area contributed by atoms with Gasteiger partial charge in [-0.15, -0.1) is 12.4 Å². The van der Waals surface area contributed by atoms with Gasteiger partial charge in [0.2, 0.25) is 0 Å². The van der Waals surface area contributed by atoms with Gasteiger partial charge in [-0.25, -0.2) is 0 Å². The number of likely N-dealkylation sites (tertiary alicyclic amines) is 2. The highest BCUT2D eigenvalue weighted by atomic mass is 35.5. The van der Waals surface area contributed by atoms with Crippen molar-refractivity contribution in [3.63, 3.8) is 0 Å². The Morgan fingerprint density at radius 3 is 2.28 bits per heavy atom. The zero-order valence-corrected chi connectivity index (χ0v) is 22.3. The normalized spacial score (nSPS) is 22.7. The van der Waals surface area contributed by atoms with Gasteiger partial charge in [-0.05, 0) is 88.2 Å². The number of nitrogens with one attached hydrogen (secondary N) is 2. The van der Waals surface area contributed by atoms with E-state index in [2.05, 4.69) is 27.1 Å². The summed E-state index contributed by atoms with van der Waals surface area (Å²) in [7, 11) is 2.20. The zero-order chi connectivity index (χ0) is 24.4. The van der Waals surface area contributed by atoms with Crippen molar-refractivity contribution in [1.82, 2.24) is 25.0 Å². The number of piperidine rings is 2. The molecule has 198 valence electrons. The number of carbonyl (C=O) groups excluding carboxylic acids is 2. The van der Waals surface area contributed by atoms with Crippen molar-refractivity contribution in [2.24, 2.45) is 11.8 Å². The Labute approximate surface area is 220 Å². The number of nitrogens with zero attached hydrogens (tertiary/aromatic N) is 3. The average molecular weight is 518 g/mol. The molecule has 5 rings (SSSR count). The molecular formula is C27H40ClN5O3. The van der Waals surface area contributed by atoms with Crippen LogP contribution in [0.1, 0.15) is 43.0 Å². The van der Waals surface area contributed by atoms with Crippen LogP contribution in [0, 0.1) is 11.8 Å². The second kappa shape index (κ2) is 11.5. The largest absolute Gasteiger partial charge is 0.379 e. The van der Waals surface area contributed by atoms with Gasteiger partial charge in [-0.1, -0.05) is 6.07 Å². The van der Waals surface area contributed by atoms with E-state index in [1.54, 1.807) is 0 Å². The summed E-state index contributed by atoms with van der Waals surface area (Å²) in [4.78, 5) is 37.0. The summed E-state index contributed by atoms with van der Waals surface area (Å²) >= 11 is 0. The van der Waals surface area contributed by atoms with Crippen LogP contribution in [0.5, 0.6) is 0 Å². The third-order valence-electron chi connectivity index (χ3n) is 8.49. The van der Waals surface area contributed by atoms with E-state index >= 15 is 0 Å². The van der Waals surface area contributed by atoms with Crippen LogP contribution in [0.15, 0.2) is 30.5 Å². The van der Waals surface area contributed by atoms with Gasteiger partial charge in [-0.2, -0.15) is 0 Å². The molecule has 1 aromatic heterocycles. The molecule has 3 aliphatic heterocycles. The van der Waals surface area contributed by atoms with Crippen molar-refractivity contribution in [2.75, 3.05) is 59.5 Å². The molecule has 0 spiro atoms. The molecule has 36 heavy (non-hydrogen) atoms. The number of H-pyrrole nitrogens is 1. The van der Waals surface area contributed by atoms with E-state index in [0.29, 0.717) is 37.8 Å². The SMILES string of the molecule is CN1CCC(C2CCN(C(=O)[C@@](C)(NC(=O)c3ccc4cc[nH]c4c3)N3CCOCC3)CC2)CC1.Cl. The van der Waals surface area contributed by atoms with Gasteiger partial charge in [0.05, 0.1) is 13.2 Å². The van der Waals surface area contributed by atoms with Gasteiger partial charge in [0, 0.05) is 43.5 Å². The van der Waals surface area contributed by atoms with Gasteiger partial charge >= 0.3 is 0 Å². The Morgan fingerprint density at radius 1 is 0.972 bits per heavy atom. The van der Waals surface area contributed by atoms with Crippen LogP contribution in [0.3, 0.4) is 0 Å². The number of rotatable bonds is 5. The van der Waals surface area contributed by atoms with Crippen LogP contribution in [0.25, 0.3) is 10.9 Å². The molecule has 3 aliphatic rings. The summed E-state index contributed by atoms with van der Waals surface area (Å²) < 4.78 is 5.55. The molecular weight excluding hydrogens is 478 g/mol. The number of ether oxygens (including phenoxy) is 1. The van der Waals surface area contributed by atoms with E-state index < -0.39 is 5.66 Å². The number of hydrogen-bond acceptors (Lipinski definition) is 5. The van der Waals surface area contributed by atoms with Crippen LogP contribution >= 0.6 is 12.4 Å². The predicted molar refractivity (Wildman–Crippen MR) is 143 cm³/mol. The summed E-state index contributed by atoms with van der Waals surface area (Å²) in [6, 6.07) is 7.58. The fourth-order valence-corrected chi connectivity index (χ4v) is 6.14. The van der Waals surface area contributed by atoms with E-state index in [9.17, 15) is 9.59 Å². The number of halogens is 1. The molecule has 1 atom stereocenters. The first-order valence-corrected chi connectivity index (χ1v) is 13.1. The predicted octanol–water partition coefficient (Wildman–Crippen LogP) is 2.95. The lowest BCUT2D eigenvalue weighted by molar-refractivity contribution is -0.150. The van der Waals surface area contributed by atoms with Crippen LogP contribution in [-0.4, -0.2) is 96.7 Å². The van der Waals surface area contributed by atoms with Crippen molar-refractivity contribution in [2.45, 2.75) is 38.3 Å². The Kier molecular flexibility index (Phi) is 8.60. The van der Waals surface area contributed by atoms with E-state index in [1.165, 1.54) is 25.9 Å². The molecule has 1 aromatic carbocycles. The molecule has 0 unspecified atom stereocenters. The molecule has 2 aromatic rings. The molecule has 2 amide bonds. The van der Waals surface area contributed by atoms with Crippen LogP contribution in [-0.2, 0) is 9.53 Å². The lowest BCUT2D eigenvalue weighted by Gasteiger charge is -2.46. The highest BCUT2D eigenvalue weighted by Crippen LogP contribution is 2.33. The first-order valence-electron chi connectivity index (χ1n) is 13.1. The number of benzene rings is 1. The number of morpholine rings is 1. The van der Waals surface area contributed by atoms with Gasteiger partial charge in [0.25, 0.3) is 11.8 Å².